The number of rotatable bonds is 0. The summed E-state index contributed by atoms with van der Waals surface area (Å²) >= 11 is 5.02. The van der Waals surface area contributed by atoms with E-state index in [-0.39, 0.29) is 0 Å². The Morgan fingerprint density at radius 3 is 3.17 bits per heavy atom. The average molecular weight is 243 g/mol. The Labute approximate surface area is 83.7 Å². The minimum absolute atomic E-state index is 0.954. The number of halogens is 1. The van der Waals surface area contributed by atoms with E-state index in [0.29, 0.717) is 0 Å². The second kappa shape index (κ2) is 3.11. The quantitative estimate of drug-likeness (QED) is 0.708. The molecule has 2 rings (SSSR count). The lowest BCUT2D eigenvalue weighted by atomic mass is 10.3. The third-order valence-electron chi connectivity index (χ3n) is 1.52. The van der Waals surface area contributed by atoms with Gasteiger partial charge in [-0.15, -0.1) is 0 Å². The van der Waals surface area contributed by atoms with Gasteiger partial charge in [0, 0.05) is 4.47 Å². The summed E-state index contributed by atoms with van der Waals surface area (Å²) in [5, 5.41) is 0. The second-order valence-corrected chi connectivity index (χ2v) is 4.28. The summed E-state index contributed by atoms with van der Waals surface area (Å²) in [5.41, 5.74) is 1.04. The molecule has 1 aliphatic heterocycles. The van der Waals surface area contributed by atoms with Gasteiger partial charge in [0.1, 0.15) is 5.84 Å². The average Bonchev–Trinajstić information content (AvgIpc) is 2.05. The summed E-state index contributed by atoms with van der Waals surface area (Å²) < 4.78 is 4.20. The van der Waals surface area contributed by atoms with Gasteiger partial charge in [-0.05, 0) is 37.1 Å². The van der Waals surface area contributed by atoms with Gasteiger partial charge in [-0.3, -0.25) is 0 Å². The van der Waals surface area contributed by atoms with Crippen LogP contribution in [-0.2, 0) is 0 Å². The van der Waals surface area contributed by atoms with E-state index in [2.05, 4.69) is 31.7 Å². The minimum Gasteiger partial charge on any atom is -0.314 e. The summed E-state index contributed by atoms with van der Waals surface area (Å²) in [4.78, 5) is 5.51. The number of nitrogens with one attached hydrogen (secondary N) is 1. The van der Waals surface area contributed by atoms with Gasteiger partial charge in [0.25, 0.3) is 0 Å². The van der Waals surface area contributed by atoms with Gasteiger partial charge in [-0.1, -0.05) is 15.9 Å². The highest BCUT2D eigenvalue weighted by atomic mass is 79.9. The molecule has 1 aromatic rings. The van der Waals surface area contributed by atoms with Gasteiger partial charge in [0.15, 0.2) is 0 Å². The molecular weight excluding hydrogens is 236 g/mol. The normalized spacial score (nSPS) is 14.7. The lowest BCUT2D eigenvalue weighted by Crippen LogP contribution is -2.13. The molecule has 2 nitrogen and oxygen atoms in total. The number of amidine groups is 1. The zero-order chi connectivity index (χ0) is 8.55. The molecule has 1 aromatic carbocycles. The van der Waals surface area contributed by atoms with Crippen molar-refractivity contribution in [2.45, 2.75) is 11.8 Å². The van der Waals surface area contributed by atoms with Crippen LogP contribution in [0.3, 0.4) is 0 Å². The molecule has 0 saturated heterocycles. The topological polar surface area (TPSA) is 24.4 Å². The summed E-state index contributed by atoms with van der Waals surface area (Å²) in [5.74, 6) is 0.954. The lowest BCUT2D eigenvalue weighted by molar-refractivity contribution is 1.27. The molecule has 0 unspecified atom stereocenters. The molecule has 1 aliphatic rings. The minimum atomic E-state index is 0.954. The van der Waals surface area contributed by atoms with E-state index in [4.69, 9.17) is 0 Å². The molecule has 4 heteroatoms. The standard InChI is InChI=1S/C8H7BrN2S/c1-5-10-7-3-2-6(9)4-8(7)12-11-5/h2-4H,1H3,(H,10,11). The number of hydrogen-bond donors (Lipinski definition) is 1. The highest BCUT2D eigenvalue weighted by molar-refractivity contribution is 9.10. The number of hydrogen-bond acceptors (Lipinski definition) is 3. The Morgan fingerprint density at radius 2 is 2.33 bits per heavy atom. The Bertz CT molecular complexity index is 349. The van der Waals surface area contributed by atoms with E-state index < -0.39 is 0 Å². The van der Waals surface area contributed by atoms with Crippen molar-refractivity contribution in [1.82, 2.24) is 4.72 Å². The zero-order valence-corrected chi connectivity index (χ0v) is 8.87. The maximum absolute atomic E-state index is 4.35. The van der Waals surface area contributed by atoms with Crippen LogP contribution in [-0.4, -0.2) is 5.84 Å². The third-order valence-corrected chi connectivity index (χ3v) is 2.96. The fraction of sp³-hybridized carbons (Fsp3) is 0.125. The van der Waals surface area contributed by atoms with Gasteiger partial charge in [0.2, 0.25) is 0 Å². The molecule has 0 aromatic heterocycles. The molecule has 0 spiro atoms. The summed E-state index contributed by atoms with van der Waals surface area (Å²) in [6.07, 6.45) is 0. The van der Waals surface area contributed by atoms with Gasteiger partial charge in [-0.2, -0.15) is 0 Å². The lowest BCUT2D eigenvalue weighted by Gasteiger charge is -2.13. The number of benzene rings is 1. The Hall–Kier alpha value is -0.480. The summed E-state index contributed by atoms with van der Waals surface area (Å²) in [7, 11) is 0. The van der Waals surface area contributed by atoms with Crippen LogP contribution in [0, 0.1) is 0 Å². The van der Waals surface area contributed by atoms with Crippen LogP contribution in [0.5, 0.6) is 0 Å². The van der Waals surface area contributed by atoms with Crippen molar-refractivity contribution < 1.29 is 0 Å². The van der Waals surface area contributed by atoms with Gasteiger partial charge in [0.05, 0.1) is 10.6 Å². The first-order valence-electron chi connectivity index (χ1n) is 3.53. The maximum Gasteiger partial charge on any atom is 0.109 e. The van der Waals surface area contributed by atoms with E-state index in [1.807, 2.05) is 19.1 Å². The molecule has 62 valence electrons. The second-order valence-electron chi connectivity index (χ2n) is 2.51. The number of fused-ring (bicyclic) bond motifs is 1. The predicted octanol–water partition coefficient (Wildman–Crippen LogP) is 3.11. The molecule has 0 saturated carbocycles. The monoisotopic (exact) mass is 242 g/mol. The first-order chi connectivity index (χ1) is 5.75. The highest BCUT2D eigenvalue weighted by Crippen LogP contribution is 2.33. The van der Waals surface area contributed by atoms with Gasteiger partial charge < -0.3 is 4.72 Å². The largest absolute Gasteiger partial charge is 0.314 e. The smallest absolute Gasteiger partial charge is 0.109 e. The van der Waals surface area contributed by atoms with Crippen LogP contribution >= 0.6 is 27.9 Å². The van der Waals surface area contributed by atoms with Crippen molar-refractivity contribution in [3.8, 4) is 0 Å². The van der Waals surface area contributed by atoms with Crippen molar-refractivity contribution in [2.24, 2.45) is 4.99 Å². The summed E-state index contributed by atoms with van der Waals surface area (Å²) in [6, 6.07) is 6.07. The van der Waals surface area contributed by atoms with Gasteiger partial charge in [-0.25, -0.2) is 4.99 Å². The van der Waals surface area contributed by atoms with E-state index in [1.165, 1.54) is 0 Å². The van der Waals surface area contributed by atoms with Crippen LogP contribution in [0.1, 0.15) is 6.92 Å². The van der Waals surface area contributed by atoms with E-state index in [0.717, 1.165) is 20.9 Å². The molecule has 0 atom stereocenters. The molecule has 1 heterocycles. The fourth-order valence-corrected chi connectivity index (χ4v) is 2.21. The number of aliphatic imine (C=N–C) groups is 1. The third kappa shape index (κ3) is 1.49. The molecule has 0 aliphatic carbocycles. The number of nitrogens with zero attached hydrogens (tertiary/aromatic N) is 1. The van der Waals surface area contributed by atoms with Crippen molar-refractivity contribution in [1.29, 1.82) is 0 Å². The van der Waals surface area contributed by atoms with Crippen LogP contribution in [0.25, 0.3) is 0 Å². The first kappa shape index (κ1) is 8.13. The SMILES string of the molecule is CC1=Nc2ccc(Br)cc2SN1. The van der Waals surface area contributed by atoms with Crippen molar-refractivity contribution in [3.05, 3.63) is 22.7 Å². The van der Waals surface area contributed by atoms with Crippen LogP contribution in [0.2, 0.25) is 0 Å². The summed E-state index contributed by atoms with van der Waals surface area (Å²) in [6.45, 7) is 1.96. The molecule has 0 radical (unpaired) electrons. The molecule has 0 fully saturated rings. The molecule has 1 N–H and O–H groups in total. The predicted molar refractivity (Wildman–Crippen MR) is 55.9 cm³/mol. The van der Waals surface area contributed by atoms with E-state index in [1.54, 1.807) is 11.9 Å². The molecule has 0 bridgehead atoms. The highest BCUT2D eigenvalue weighted by Gasteiger charge is 2.08. The van der Waals surface area contributed by atoms with Crippen LogP contribution in [0.4, 0.5) is 5.69 Å². The first-order valence-corrected chi connectivity index (χ1v) is 5.14. The molecular formula is C8H7BrN2S. The molecule has 0 amide bonds. The van der Waals surface area contributed by atoms with Crippen molar-refractivity contribution >= 4 is 39.4 Å². The Kier molecular flexibility index (Phi) is 2.11. The Morgan fingerprint density at radius 1 is 1.50 bits per heavy atom. The van der Waals surface area contributed by atoms with E-state index in [9.17, 15) is 0 Å². The van der Waals surface area contributed by atoms with Gasteiger partial charge >= 0.3 is 0 Å². The van der Waals surface area contributed by atoms with Crippen molar-refractivity contribution in [3.63, 3.8) is 0 Å². The zero-order valence-electron chi connectivity index (χ0n) is 6.47. The fourth-order valence-electron chi connectivity index (χ4n) is 0.994. The van der Waals surface area contributed by atoms with E-state index >= 15 is 0 Å². The maximum atomic E-state index is 4.35. The Balaban J connectivity index is 2.51. The van der Waals surface area contributed by atoms with Crippen molar-refractivity contribution in [2.75, 3.05) is 0 Å². The van der Waals surface area contributed by atoms with Crippen LogP contribution < -0.4 is 4.72 Å². The van der Waals surface area contributed by atoms with Crippen LogP contribution in [0.15, 0.2) is 32.6 Å². The molecule has 12 heavy (non-hydrogen) atoms.